The lowest BCUT2D eigenvalue weighted by Gasteiger charge is -2.11. The Morgan fingerprint density at radius 1 is 0.923 bits per heavy atom. The van der Waals surface area contributed by atoms with E-state index in [0.29, 0.717) is 16.9 Å². The number of hydrogen-bond donors (Lipinski definition) is 2. The fourth-order valence-corrected chi connectivity index (χ4v) is 2.82. The Morgan fingerprint density at radius 3 is 2.54 bits per heavy atom. The molecule has 126 valence electrons. The minimum absolute atomic E-state index is 0.0971. The molecule has 26 heavy (non-hydrogen) atoms. The van der Waals surface area contributed by atoms with E-state index in [-0.39, 0.29) is 11.7 Å². The molecule has 0 saturated carbocycles. The minimum Gasteiger partial charge on any atom is -0.508 e. The molecule has 0 atom stereocenters. The number of pyridine rings is 2. The number of carbonyl (C=O) groups excluding carboxylic acids is 1. The first-order chi connectivity index (χ1) is 12.7. The fraction of sp³-hybridized carbons (Fsp3) is 0. The van der Waals surface area contributed by atoms with Gasteiger partial charge in [-0.2, -0.15) is 0 Å². The van der Waals surface area contributed by atoms with Gasteiger partial charge in [-0.1, -0.05) is 24.3 Å². The Morgan fingerprint density at radius 2 is 1.73 bits per heavy atom. The van der Waals surface area contributed by atoms with E-state index >= 15 is 0 Å². The number of para-hydroxylation sites is 1. The second-order valence-corrected chi connectivity index (χ2v) is 5.81. The van der Waals surface area contributed by atoms with Crippen molar-refractivity contribution >= 4 is 22.5 Å². The zero-order valence-electron chi connectivity index (χ0n) is 13.8. The third-order valence-corrected chi connectivity index (χ3v) is 4.04. The van der Waals surface area contributed by atoms with Crippen molar-refractivity contribution < 1.29 is 9.90 Å². The molecular weight excluding hydrogens is 326 g/mol. The molecule has 2 N–H and O–H groups in total. The van der Waals surface area contributed by atoms with Gasteiger partial charge >= 0.3 is 0 Å². The molecule has 0 saturated heterocycles. The molecule has 5 nitrogen and oxygen atoms in total. The van der Waals surface area contributed by atoms with Gasteiger partial charge in [0.1, 0.15) is 5.75 Å². The normalized spacial score (nSPS) is 10.6. The van der Waals surface area contributed by atoms with Crippen molar-refractivity contribution in [3.8, 4) is 17.0 Å². The molecule has 0 unspecified atom stereocenters. The van der Waals surface area contributed by atoms with Crippen LogP contribution in [0.25, 0.3) is 22.2 Å². The van der Waals surface area contributed by atoms with E-state index in [4.69, 9.17) is 0 Å². The number of fused-ring (bicyclic) bond motifs is 1. The third-order valence-electron chi connectivity index (χ3n) is 4.04. The maximum Gasteiger partial charge on any atom is 0.256 e. The van der Waals surface area contributed by atoms with E-state index in [1.165, 1.54) is 6.07 Å². The van der Waals surface area contributed by atoms with E-state index in [0.717, 1.165) is 16.5 Å². The number of anilines is 1. The van der Waals surface area contributed by atoms with Crippen LogP contribution < -0.4 is 5.32 Å². The van der Waals surface area contributed by atoms with Crippen LogP contribution in [0.4, 0.5) is 5.69 Å². The molecule has 5 heteroatoms. The second-order valence-electron chi connectivity index (χ2n) is 5.81. The standard InChI is InChI=1S/C21H15N3O2/c25-16-5-3-4-15(12-16)23-21(26)18-13-20(14-8-10-22-11-9-14)24-19-7-2-1-6-17(18)19/h1-13,25H,(H,23,26). The van der Waals surface area contributed by atoms with Gasteiger partial charge in [0.05, 0.1) is 16.8 Å². The summed E-state index contributed by atoms with van der Waals surface area (Å²) >= 11 is 0. The summed E-state index contributed by atoms with van der Waals surface area (Å²) in [4.78, 5) is 21.6. The van der Waals surface area contributed by atoms with Gasteiger partial charge in [0.25, 0.3) is 5.91 Å². The number of hydrogen-bond acceptors (Lipinski definition) is 4. The van der Waals surface area contributed by atoms with Crippen LogP contribution in [0, 0.1) is 0 Å². The number of benzene rings is 2. The number of amides is 1. The molecule has 0 aliphatic rings. The molecule has 0 aliphatic carbocycles. The average molecular weight is 341 g/mol. The molecule has 2 aromatic heterocycles. The first kappa shape index (κ1) is 15.8. The molecule has 4 rings (SSSR count). The van der Waals surface area contributed by atoms with Crippen molar-refractivity contribution in [3.63, 3.8) is 0 Å². The molecule has 4 aromatic rings. The van der Waals surface area contributed by atoms with Gasteiger partial charge in [0.2, 0.25) is 0 Å². The van der Waals surface area contributed by atoms with Crippen LogP contribution in [0.5, 0.6) is 5.75 Å². The van der Waals surface area contributed by atoms with E-state index in [2.05, 4.69) is 15.3 Å². The summed E-state index contributed by atoms with van der Waals surface area (Å²) < 4.78 is 0. The Balaban J connectivity index is 1.81. The number of phenols is 1. The lowest BCUT2D eigenvalue weighted by Crippen LogP contribution is -2.13. The smallest absolute Gasteiger partial charge is 0.256 e. The highest BCUT2D eigenvalue weighted by Gasteiger charge is 2.14. The molecule has 2 heterocycles. The summed E-state index contributed by atoms with van der Waals surface area (Å²) in [6.07, 6.45) is 3.39. The van der Waals surface area contributed by atoms with Crippen molar-refractivity contribution in [2.75, 3.05) is 5.32 Å². The largest absolute Gasteiger partial charge is 0.508 e. The predicted molar refractivity (Wildman–Crippen MR) is 101 cm³/mol. The lowest BCUT2D eigenvalue weighted by atomic mass is 10.0. The zero-order valence-corrected chi connectivity index (χ0v) is 13.8. The van der Waals surface area contributed by atoms with Crippen LogP contribution in [-0.4, -0.2) is 21.0 Å². The van der Waals surface area contributed by atoms with Crippen LogP contribution in [0.3, 0.4) is 0 Å². The van der Waals surface area contributed by atoms with Gasteiger partial charge in [-0.25, -0.2) is 4.98 Å². The first-order valence-corrected chi connectivity index (χ1v) is 8.11. The number of carbonyl (C=O) groups is 1. The molecule has 0 fully saturated rings. The summed E-state index contributed by atoms with van der Waals surface area (Å²) in [6, 6.07) is 19.5. The molecule has 0 spiro atoms. The van der Waals surface area contributed by atoms with Gasteiger partial charge in [-0.15, -0.1) is 0 Å². The number of nitrogens with one attached hydrogen (secondary N) is 1. The number of aromatic nitrogens is 2. The second kappa shape index (κ2) is 6.64. The Labute approximate surface area is 150 Å². The maximum absolute atomic E-state index is 12.9. The van der Waals surface area contributed by atoms with Gasteiger partial charge in [-0.3, -0.25) is 9.78 Å². The van der Waals surface area contributed by atoms with Gasteiger partial charge in [0, 0.05) is 35.1 Å². The van der Waals surface area contributed by atoms with Crippen LogP contribution in [-0.2, 0) is 0 Å². The summed E-state index contributed by atoms with van der Waals surface area (Å²) in [6.45, 7) is 0. The Kier molecular flexibility index (Phi) is 4.03. The summed E-state index contributed by atoms with van der Waals surface area (Å²) in [7, 11) is 0. The topological polar surface area (TPSA) is 75.1 Å². The highest BCUT2D eigenvalue weighted by atomic mass is 16.3. The van der Waals surface area contributed by atoms with Crippen LogP contribution in [0.1, 0.15) is 10.4 Å². The third kappa shape index (κ3) is 3.10. The number of aromatic hydroxyl groups is 1. The molecule has 0 radical (unpaired) electrons. The number of rotatable bonds is 3. The van der Waals surface area contributed by atoms with Gasteiger partial charge < -0.3 is 10.4 Å². The van der Waals surface area contributed by atoms with E-state index < -0.39 is 0 Å². The summed E-state index contributed by atoms with van der Waals surface area (Å²) in [5.41, 5.74) is 3.37. The molecular formula is C21H15N3O2. The fourth-order valence-electron chi connectivity index (χ4n) is 2.82. The van der Waals surface area contributed by atoms with Crippen molar-refractivity contribution in [3.05, 3.63) is 84.7 Å². The highest BCUT2D eigenvalue weighted by molar-refractivity contribution is 6.13. The van der Waals surface area contributed by atoms with E-state index in [1.807, 2.05) is 36.4 Å². The molecule has 2 aromatic carbocycles. The van der Waals surface area contributed by atoms with Crippen molar-refractivity contribution in [1.29, 1.82) is 0 Å². The maximum atomic E-state index is 12.9. The zero-order chi connectivity index (χ0) is 17.9. The monoisotopic (exact) mass is 341 g/mol. The number of phenolic OH excluding ortho intramolecular Hbond substituents is 1. The molecule has 1 amide bonds. The van der Waals surface area contributed by atoms with Crippen molar-refractivity contribution in [1.82, 2.24) is 9.97 Å². The van der Waals surface area contributed by atoms with E-state index in [1.54, 1.807) is 36.7 Å². The molecule has 0 bridgehead atoms. The molecule has 0 aliphatic heterocycles. The number of nitrogens with zero attached hydrogens (tertiary/aromatic N) is 2. The highest BCUT2D eigenvalue weighted by Crippen LogP contribution is 2.25. The van der Waals surface area contributed by atoms with Crippen LogP contribution >= 0.6 is 0 Å². The van der Waals surface area contributed by atoms with Crippen molar-refractivity contribution in [2.24, 2.45) is 0 Å². The average Bonchev–Trinajstić information content (AvgIpc) is 2.68. The summed E-state index contributed by atoms with van der Waals surface area (Å²) in [5, 5.41) is 13.2. The van der Waals surface area contributed by atoms with Gasteiger partial charge in [-0.05, 0) is 36.4 Å². The Bertz CT molecular complexity index is 1090. The van der Waals surface area contributed by atoms with Crippen molar-refractivity contribution in [2.45, 2.75) is 0 Å². The summed E-state index contributed by atoms with van der Waals surface area (Å²) in [5.74, 6) is -0.163. The Hall–Kier alpha value is -3.73. The lowest BCUT2D eigenvalue weighted by molar-refractivity contribution is 0.102. The van der Waals surface area contributed by atoms with E-state index in [9.17, 15) is 9.90 Å². The van der Waals surface area contributed by atoms with Crippen LogP contribution in [0.2, 0.25) is 0 Å². The first-order valence-electron chi connectivity index (χ1n) is 8.11. The quantitative estimate of drug-likeness (QED) is 0.584. The predicted octanol–water partition coefficient (Wildman–Crippen LogP) is 4.25. The van der Waals surface area contributed by atoms with Gasteiger partial charge in [0.15, 0.2) is 0 Å². The van der Waals surface area contributed by atoms with Crippen LogP contribution in [0.15, 0.2) is 79.1 Å². The minimum atomic E-state index is -0.260. The SMILES string of the molecule is O=C(Nc1cccc(O)c1)c1cc(-c2ccncc2)nc2ccccc12.